The third kappa shape index (κ3) is 2.59. The monoisotopic (exact) mass is 232 g/mol. The molecule has 0 atom stereocenters. The summed E-state index contributed by atoms with van der Waals surface area (Å²) in [6, 6.07) is 5.91. The fourth-order valence-corrected chi connectivity index (χ4v) is 2.18. The van der Waals surface area contributed by atoms with Crippen molar-refractivity contribution in [3.05, 3.63) is 47.9 Å². The van der Waals surface area contributed by atoms with E-state index in [4.69, 9.17) is 5.11 Å². The van der Waals surface area contributed by atoms with Gasteiger partial charge in [-0.15, -0.1) is 0 Å². The van der Waals surface area contributed by atoms with Gasteiger partial charge in [0.25, 0.3) is 0 Å². The van der Waals surface area contributed by atoms with Crippen LogP contribution in [0.4, 0.5) is 0 Å². The maximum absolute atomic E-state index is 9.01. The van der Waals surface area contributed by atoms with E-state index in [0.717, 1.165) is 21.0 Å². The molecule has 0 saturated heterocycles. The lowest BCUT2D eigenvalue weighted by atomic mass is 10.1. The summed E-state index contributed by atoms with van der Waals surface area (Å²) in [5.74, 6) is 0. The van der Waals surface area contributed by atoms with Gasteiger partial charge in [0.1, 0.15) is 5.03 Å². The van der Waals surface area contributed by atoms with Gasteiger partial charge >= 0.3 is 0 Å². The summed E-state index contributed by atoms with van der Waals surface area (Å²) >= 11 is 1.58. The number of hydrogen-bond donors (Lipinski definition) is 1. The van der Waals surface area contributed by atoms with Crippen LogP contribution >= 0.6 is 11.8 Å². The Morgan fingerprint density at radius 1 is 1.31 bits per heavy atom. The van der Waals surface area contributed by atoms with E-state index >= 15 is 0 Å². The minimum absolute atomic E-state index is 0.0803. The van der Waals surface area contributed by atoms with Crippen molar-refractivity contribution < 1.29 is 5.11 Å². The lowest BCUT2D eigenvalue weighted by molar-refractivity contribution is 0.281. The van der Waals surface area contributed by atoms with E-state index in [0.29, 0.717) is 0 Å². The quantitative estimate of drug-likeness (QED) is 0.882. The Kier molecular flexibility index (Phi) is 3.54. The van der Waals surface area contributed by atoms with Gasteiger partial charge in [-0.25, -0.2) is 4.98 Å². The number of benzene rings is 1. The number of nitrogens with zero attached hydrogens (tertiary/aromatic N) is 2. The minimum atomic E-state index is 0.0803. The van der Waals surface area contributed by atoms with E-state index in [2.05, 4.69) is 9.97 Å². The van der Waals surface area contributed by atoms with Crippen LogP contribution in [0.25, 0.3) is 0 Å². The molecule has 1 N–H and O–H groups in total. The Bertz CT molecular complexity index is 474. The molecule has 1 aromatic carbocycles. The van der Waals surface area contributed by atoms with E-state index in [1.54, 1.807) is 30.4 Å². The molecule has 0 amide bonds. The number of hydrogen-bond acceptors (Lipinski definition) is 4. The molecule has 2 aromatic rings. The first-order valence-corrected chi connectivity index (χ1v) is 5.75. The zero-order valence-corrected chi connectivity index (χ0v) is 9.74. The minimum Gasteiger partial charge on any atom is -0.392 e. The van der Waals surface area contributed by atoms with Crippen LogP contribution in [-0.4, -0.2) is 15.1 Å². The molecule has 0 spiro atoms. The summed E-state index contributed by atoms with van der Waals surface area (Å²) in [4.78, 5) is 9.37. The van der Waals surface area contributed by atoms with Gasteiger partial charge in [0.2, 0.25) is 0 Å². The maximum atomic E-state index is 9.01. The van der Waals surface area contributed by atoms with Crippen LogP contribution in [0.3, 0.4) is 0 Å². The van der Waals surface area contributed by atoms with Gasteiger partial charge in [-0.2, -0.15) is 0 Å². The van der Waals surface area contributed by atoms with Crippen LogP contribution in [0.2, 0.25) is 0 Å². The van der Waals surface area contributed by atoms with Crippen LogP contribution in [-0.2, 0) is 6.61 Å². The molecule has 0 saturated carbocycles. The summed E-state index contributed by atoms with van der Waals surface area (Å²) in [6.07, 6.45) is 5.08. The van der Waals surface area contributed by atoms with Crippen molar-refractivity contribution in [1.82, 2.24) is 9.97 Å². The molecule has 1 aromatic heterocycles. The van der Waals surface area contributed by atoms with Crippen LogP contribution in [0, 0.1) is 6.92 Å². The van der Waals surface area contributed by atoms with Crippen molar-refractivity contribution in [2.24, 2.45) is 0 Å². The maximum Gasteiger partial charge on any atom is 0.119 e. The first kappa shape index (κ1) is 11.1. The average Bonchev–Trinajstić information content (AvgIpc) is 2.33. The number of rotatable bonds is 3. The zero-order chi connectivity index (χ0) is 11.4. The van der Waals surface area contributed by atoms with E-state index in [1.165, 1.54) is 0 Å². The van der Waals surface area contributed by atoms with Crippen molar-refractivity contribution in [2.75, 3.05) is 0 Å². The van der Waals surface area contributed by atoms with Gasteiger partial charge in [-0.1, -0.05) is 23.9 Å². The van der Waals surface area contributed by atoms with Crippen LogP contribution in [0.5, 0.6) is 0 Å². The number of aromatic nitrogens is 2. The number of aliphatic hydroxyl groups is 1. The number of aliphatic hydroxyl groups excluding tert-OH is 1. The van der Waals surface area contributed by atoms with Crippen molar-refractivity contribution in [1.29, 1.82) is 0 Å². The average molecular weight is 232 g/mol. The van der Waals surface area contributed by atoms with Crippen molar-refractivity contribution in [2.45, 2.75) is 23.5 Å². The van der Waals surface area contributed by atoms with Crippen LogP contribution in [0.15, 0.2) is 46.7 Å². The highest BCUT2D eigenvalue weighted by Crippen LogP contribution is 2.28. The molecule has 0 fully saturated rings. The summed E-state index contributed by atoms with van der Waals surface area (Å²) in [7, 11) is 0. The molecule has 82 valence electrons. The third-order valence-electron chi connectivity index (χ3n) is 2.18. The molecular formula is C12H12N2OS. The summed E-state index contributed by atoms with van der Waals surface area (Å²) in [6.45, 7) is 2.11. The summed E-state index contributed by atoms with van der Waals surface area (Å²) < 4.78 is 0. The molecule has 0 radical (unpaired) electrons. The first-order chi connectivity index (χ1) is 7.79. The fourth-order valence-electron chi connectivity index (χ4n) is 1.38. The predicted molar refractivity (Wildman–Crippen MR) is 63.3 cm³/mol. The molecule has 0 aliphatic carbocycles. The SMILES string of the molecule is Cc1cc(CO)ccc1Sc1cnccn1. The smallest absolute Gasteiger partial charge is 0.119 e. The molecule has 4 heteroatoms. The van der Waals surface area contributed by atoms with Crippen molar-refractivity contribution >= 4 is 11.8 Å². The van der Waals surface area contributed by atoms with E-state index < -0.39 is 0 Å². The lowest BCUT2D eigenvalue weighted by Gasteiger charge is -2.06. The zero-order valence-electron chi connectivity index (χ0n) is 8.92. The highest BCUT2D eigenvalue weighted by Gasteiger charge is 2.03. The lowest BCUT2D eigenvalue weighted by Crippen LogP contribution is -1.87. The topological polar surface area (TPSA) is 46.0 Å². The second-order valence-electron chi connectivity index (χ2n) is 3.40. The van der Waals surface area contributed by atoms with E-state index in [-0.39, 0.29) is 6.61 Å². The van der Waals surface area contributed by atoms with Crippen LogP contribution < -0.4 is 0 Å². The van der Waals surface area contributed by atoms with Crippen LogP contribution in [0.1, 0.15) is 11.1 Å². The molecule has 0 unspecified atom stereocenters. The standard InChI is InChI=1S/C12H12N2OS/c1-9-6-10(8-15)2-3-11(9)16-12-7-13-4-5-14-12/h2-7,15H,8H2,1H3. The third-order valence-corrected chi connectivity index (χ3v) is 3.27. The summed E-state index contributed by atoms with van der Waals surface area (Å²) in [5.41, 5.74) is 2.07. The highest BCUT2D eigenvalue weighted by atomic mass is 32.2. The van der Waals surface area contributed by atoms with E-state index in [1.807, 2.05) is 25.1 Å². The molecule has 0 bridgehead atoms. The molecule has 1 heterocycles. The Morgan fingerprint density at radius 2 is 2.19 bits per heavy atom. The Hall–Kier alpha value is -1.39. The first-order valence-electron chi connectivity index (χ1n) is 4.94. The normalized spacial score (nSPS) is 10.4. The molecule has 0 aliphatic rings. The van der Waals surface area contributed by atoms with Gasteiger partial charge < -0.3 is 5.11 Å². The molecule has 2 rings (SSSR count). The van der Waals surface area contributed by atoms with Gasteiger partial charge in [0, 0.05) is 17.3 Å². The van der Waals surface area contributed by atoms with E-state index in [9.17, 15) is 0 Å². The number of aryl methyl sites for hydroxylation is 1. The molecule has 16 heavy (non-hydrogen) atoms. The van der Waals surface area contributed by atoms with Gasteiger partial charge in [-0.05, 0) is 24.1 Å². The molecule has 3 nitrogen and oxygen atoms in total. The fraction of sp³-hybridized carbons (Fsp3) is 0.167. The predicted octanol–water partition coefficient (Wildman–Crippen LogP) is 2.43. The van der Waals surface area contributed by atoms with Gasteiger partial charge in [-0.3, -0.25) is 4.98 Å². The second-order valence-corrected chi connectivity index (χ2v) is 4.47. The Morgan fingerprint density at radius 3 is 2.81 bits per heavy atom. The molecular weight excluding hydrogens is 220 g/mol. The summed E-state index contributed by atoms with van der Waals surface area (Å²) in [5, 5.41) is 9.89. The van der Waals surface area contributed by atoms with Crippen molar-refractivity contribution in [3.8, 4) is 0 Å². The Labute approximate surface area is 98.6 Å². The largest absolute Gasteiger partial charge is 0.392 e. The molecule has 0 aliphatic heterocycles. The Balaban J connectivity index is 2.22. The van der Waals surface area contributed by atoms with Gasteiger partial charge in [0.15, 0.2) is 0 Å². The van der Waals surface area contributed by atoms with Crippen molar-refractivity contribution in [3.63, 3.8) is 0 Å². The highest BCUT2D eigenvalue weighted by molar-refractivity contribution is 7.99. The second kappa shape index (κ2) is 5.09. The van der Waals surface area contributed by atoms with Gasteiger partial charge in [0.05, 0.1) is 12.8 Å².